The SMILES string of the molecule is O=C1N[C@@]2(CCc3cc(OCC(F)(F)F)ccc32)Cc2nc(-c3ccccc3)cn21. The molecule has 1 aliphatic carbocycles. The lowest BCUT2D eigenvalue weighted by molar-refractivity contribution is -0.153. The summed E-state index contributed by atoms with van der Waals surface area (Å²) in [6.45, 7) is -1.33. The van der Waals surface area contributed by atoms with Crippen LogP contribution in [0.25, 0.3) is 11.3 Å². The average molecular weight is 413 g/mol. The summed E-state index contributed by atoms with van der Waals surface area (Å²) in [4.78, 5) is 17.5. The number of amides is 1. The van der Waals surface area contributed by atoms with Gasteiger partial charge in [0.05, 0.1) is 11.2 Å². The number of nitrogens with zero attached hydrogens (tertiary/aromatic N) is 2. The van der Waals surface area contributed by atoms with Gasteiger partial charge in [-0.25, -0.2) is 9.78 Å². The molecule has 30 heavy (non-hydrogen) atoms. The fourth-order valence-electron chi connectivity index (χ4n) is 4.34. The van der Waals surface area contributed by atoms with Crippen LogP contribution in [0.3, 0.4) is 0 Å². The summed E-state index contributed by atoms with van der Waals surface area (Å²) in [7, 11) is 0. The second-order valence-electron chi connectivity index (χ2n) is 7.69. The Labute approximate surface area is 170 Å². The maximum absolute atomic E-state index is 12.8. The number of benzene rings is 2. The summed E-state index contributed by atoms with van der Waals surface area (Å²) in [5, 5.41) is 3.11. The summed E-state index contributed by atoms with van der Waals surface area (Å²) < 4.78 is 43.7. The smallest absolute Gasteiger partial charge is 0.422 e. The van der Waals surface area contributed by atoms with E-state index in [0.717, 1.165) is 22.4 Å². The number of aromatic nitrogens is 2. The molecule has 0 bridgehead atoms. The number of aryl methyl sites for hydroxylation is 1. The molecule has 0 radical (unpaired) electrons. The van der Waals surface area contributed by atoms with Crippen molar-refractivity contribution in [2.75, 3.05) is 6.61 Å². The van der Waals surface area contributed by atoms with E-state index in [1.165, 1.54) is 10.6 Å². The number of rotatable bonds is 3. The Morgan fingerprint density at radius 1 is 1.17 bits per heavy atom. The molecule has 0 unspecified atom stereocenters. The molecule has 2 aromatic carbocycles. The van der Waals surface area contributed by atoms with E-state index in [1.54, 1.807) is 18.3 Å². The molecule has 5 nitrogen and oxygen atoms in total. The zero-order valence-corrected chi connectivity index (χ0v) is 15.9. The van der Waals surface area contributed by atoms with Gasteiger partial charge in [0, 0.05) is 18.2 Å². The highest BCUT2D eigenvalue weighted by atomic mass is 19.4. The van der Waals surface area contributed by atoms with E-state index in [0.29, 0.717) is 25.1 Å². The third-order valence-electron chi connectivity index (χ3n) is 5.69. The van der Waals surface area contributed by atoms with Crippen molar-refractivity contribution in [3.8, 4) is 17.0 Å². The Hall–Kier alpha value is -3.29. The van der Waals surface area contributed by atoms with E-state index in [1.807, 2.05) is 30.3 Å². The summed E-state index contributed by atoms with van der Waals surface area (Å²) in [6, 6.07) is 14.3. The van der Waals surface area contributed by atoms with E-state index in [9.17, 15) is 18.0 Å². The molecule has 1 amide bonds. The fourth-order valence-corrected chi connectivity index (χ4v) is 4.34. The molecule has 0 saturated heterocycles. The van der Waals surface area contributed by atoms with Crippen molar-refractivity contribution >= 4 is 6.03 Å². The molecule has 3 aromatic rings. The van der Waals surface area contributed by atoms with Gasteiger partial charge in [-0.15, -0.1) is 0 Å². The maximum atomic E-state index is 12.8. The van der Waals surface area contributed by atoms with Gasteiger partial charge in [0.2, 0.25) is 0 Å². The average Bonchev–Trinajstić information content (AvgIpc) is 3.29. The monoisotopic (exact) mass is 413 g/mol. The van der Waals surface area contributed by atoms with Gasteiger partial charge in [-0.2, -0.15) is 13.2 Å². The standard InChI is InChI=1S/C22H18F3N3O2/c23-22(24,25)13-30-16-6-7-17-15(10-16)8-9-21(17)11-19-26-18(12-28(19)20(29)27-21)14-4-2-1-3-5-14/h1-7,10,12H,8-9,11,13H2,(H,27,29)/t21-/m0/s1. The first-order valence-corrected chi connectivity index (χ1v) is 9.62. The van der Waals surface area contributed by atoms with Gasteiger partial charge in [0.15, 0.2) is 6.61 Å². The van der Waals surface area contributed by atoms with Gasteiger partial charge in [-0.05, 0) is 36.1 Å². The molecule has 1 aromatic heterocycles. The second-order valence-corrected chi connectivity index (χ2v) is 7.69. The Morgan fingerprint density at radius 3 is 2.73 bits per heavy atom. The number of ether oxygens (including phenoxy) is 1. The molecule has 5 rings (SSSR count). The van der Waals surface area contributed by atoms with E-state index in [-0.39, 0.29) is 11.8 Å². The first-order chi connectivity index (χ1) is 14.3. The fraction of sp³-hybridized carbons (Fsp3) is 0.273. The van der Waals surface area contributed by atoms with Crippen LogP contribution in [-0.2, 0) is 18.4 Å². The second kappa shape index (κ2) is 6.62. The molecule has 1 aliphatic heterocycles. The summed E-state index contributed by atoms with van der Waals surface area (Å²) in [6.07, 6.45) is -0.835. The van der Waals surface area contributed by atoms with Crippen molar-refractivity contribution in [3.63, 3.8) is 0 Å². The molecule has 154 valence electrons. The van der Waals surface area contributed by atoms with Crippen molar-refractivity contribution in [2.45, 2.75) is 31.0 Å². The lowest BCUT2D eigenvalue weighted by Crippen LogP contribution is -2.52. The van der Waals surface area contributed by atoms with E-state index in [4.69, 9.17) is 4.74 Å². The molecule has 1 N–H and O–H groups in total. The number of carbonyl (C=O) groups is 1. The molecular formula is C22H18F3N3O2. The van der Waals surface area contributed by atoms with Gasteiger partial charge in [-0.1, -0.05) is 36.4 Å². The highest BCUT2D eigenvalue weighted by molar-refractivity contribution is 5.81. The number of nitrogens with one attached hydrogen (secondary N) is 1. The quantitative estimate of drug-likeness (QED) is 0.691. The number of halogens is 3. The third-order valence-corrected chi connectivity index (χ3v) is 5.69. The zero-order chi connectivity index (χ0) is 20.9. The molecule has 0 fully saturated rings. The van der Waals surface area contributed by atoms with Gasteiger partial charge in [0.25, 0.3) is 0 Å². The van der Waals surface area contributed by atoms with Crippen molar-refractivity contribution < 1.29 is 22.7 Å². The first kappa shape index (κ1) is 18.7. The van der Waals surface area contributed by atoms with E-state index < -0.39 is 18.3 Å². The van der Waals surface area contributed by atoms with Crippen LogP contribution in [0.2, 0.25) is 0 Å². The zero-order valence-electron chi connectivity index (χ0n) is 15.9. The lowest BCUT2D eigenvalue weighted by Gasteiger charge is -2.35. The molecule has 0 saturated carbocycles. The van der Waals surface area contributed by atoms with Crippen LogP contribution in [0.1, 0.15) is 23.4 Å². The number of alkyl halides is 3. The van der Waals surface area contributed by atoms with Crippen LogP contribution in [0.4, 0.5) is 18.0 Å². The third kappa shape index (κ3) is 3.22. The van der Waals surface area contributed by atoms with Crippen LogP contribution in [-0.4, -0.2) is 28.4 Å². The number of imidazole rings is 1. The number of carbonyl (C=O) groups excluding carboxylic acids is 1. The van der Waals surface area contributed by atoms with Crippen LogP contribution < -0.4 is 10.1 Å². The Kier molecular flexibility index (Phi) is 4.13. The highest BCUT2D eigenvalue weighted by Gasteiger charge is 2.45. The normalized spacial score (nSPS) is 20.0. The molecule has 1 atom stereocenters. The summed E-state index contributed by atoms with van der Waals surface area (Å²) >= 11 is 0. The molecular weight excluding hydrogens is 395 g/mol. The highest BCUT2D eigenvalue weighted by Crippen LogP contribution is 2.42. The van der Waals surface area contributed by atoms with Crippen molar-refractivity contribution in [3.05, 3.63) is 71.7 Å². The van der Waals surface area contributed by atoms with Crippen molar-refractivity contribution in [1.29, 1.82) is 0 Å². The van der Waals surface area contributed by atoms with Crippen molar-refractivity contribution in [1.82, 2.24) is 14.9 Å². The van der Waals surface area contributed by atoms with Crippen LogP contribution in [0, 0.1) is 0 Å². The van der Waals surface area contributed by atoms with Gasteiger partial charge in [-0.3, -0.25) is 4.57 Å². The first-order valence-electron chi connectivity index (χ1n) is 9.62. The molecule has 2 aliphatic rings. The van der Waals surface area contributed by atoms with Crippen LogP contribution in [0.5, 0.6) is 5.75 Å². The number of hydrogen-bond acceptors (Lipinski definition) is 3. The maximum Gasteiger partial charge on any atom is 0.422 e. The minimum absolute atomic E-state index is 0.179. The predicted molar refractivity (Wildman–Crippen MR) is 103 cm³/mol. The predicted octanol–water partition coefficient (Wildman–Crippen LogP) is 4.45. The number of hydrogen-bond donors (Lipinski definition) is 1. The topological polar surface area (TPSA) is 56.1 Å². The lowest BCUT2D eigenvalue weighted by atomic mass is 9.86. The van der Waals surface area contributed by atoms with Crippen LogP contribution in [0.15, 0.2) is 54.7 Å². The van der Waals surface area contributed by atoms with Gasteiger partial charge >= 0.3 is 12.2 Å². The molecule has 8 heteroatoms. The minimum Gasteiger partial charge on any atom is -0.484 e. The molecule has 2 heterocycles. The Balaban J connectivity index is 1.44. The summed E-state index contributed by atoms with van der Waals surface area (Å²) in [5.74, 6) is 0.848. The Bertz CT molecular complexity index is 1120. The van der Waals surface area contributed by atoms with Gasteiger partial charge in [0.1, 0.15) is 11.6 Å². The minimum atomic E-state index is -4.38. The van der Waals surface area contributed by atoms with Crippen molar-refractivity contribution in [2.24, 2.45) is 0 Å². The number of fused-ring (bicyclic) bond motifs is 3. The van der Waals surface area contributed by atoms with Crippen LogP contribution >= 0.6 is 0 Å². The largest absolute Gasteiger partial charge is 0.484 e. The summed E-state index contributed by atoms with van der Waals surface area (Å²) in [5.41, 5.74) is 2.85. The Morgan fingerprint density at radius 2 is 1.97 bits per heavy atom. The molecule has 1 spiro atoms. The van der Waals surface area contributed by atoms with E-state index in [2.05, 4.69) is 10.3 Å². The van der Waals surface area contributed by atoms with Gasteiger partial charge < -0.3 is 10.1 Å². The van der Waals surface area contributed by atoms with E-state index >= 15 is 0 Å².